The zero-order chi connectivity index (χ0) is 15.2. The van der Waals surface area contributed by atoms with Crippen LogP contribution >= 0.6 is 0 Å². The second-order valence-electron chi connectivity index (χ2n) is 5.87. The average Bonchev–Trinajstić information content (AvgIpc) is 2.35. The fraction of sp³-hybridized carbons (Fsp3) is 0.786. The van der Waals surface area contributed by atoms with E-state index in [0.29, 0.717) is 0 Å². The van der Waals surface area contributed by atoms with Gasteiger partial charge in [0, 0.05) is 20.5 Å². The number of nitrogens with one attached hydrogen (secondary N) is 1. The first-order valence-electron chi connectivity index (χ1n) is 7.03. The van der Waals surface area contributed by atoms with Crippen molar-refractivity contribution >= 4 is 17.8 Å². The first kappa shape index (κ1) is 16.5. The molecule has 1 rings (SSSR count). The van der Waals surface area contributed by atoms with Crippen LogP contribution in [0.25, 0.3) is 0 Å². The van der Waals surface area contributed by atoms with Crippen LogP contribution in [0.1, 0.15) is 44.9 Å². The summed E-state index contributed by atoms with van der Waals surface area (Å²) in [6.07, 6.45) is 4.81. The van der Waals surface area contributed by atoms with Gasteiger partial charge in [-0.3, -0.25) is 14.4 Å². The maximum Gasteiger partial charge on any atom is 0.303 e. The van der Waals surface area contributed by atoms with Gasteiger partial charge >= 0.3 is 5.97 Å². The van der Waals surface area contributed by atoms with Crippen molar-refractivity contribution < 1.29 is 19.5 Å². The van der Waals surface area contributed by atoms with Gasteiger partial charge in [-0.25, -0.2) is 0 Å². The van der Waals surface area contributed by atoms with Crippen molar-refractivity contribution in [2.75, 3.05) is 20.6 Å². The highest BCUT2D eigenvalue weighted by Gasteiger charge is 2.36. The molecule has 0 atom stereocenters. The number of carboxylic acids is 1. The number of carboxylic acid groups (broad SMARTS) is 1. The molecule has 1 aliphatic carbocycles. The van der Waals surface area contributed by atoms with Crippen LogP contribution in [-0.2, 0) is 14.4 Å². The second kappa shape index (κ2) is 7.26. The van der Waals surface area contributed by atoms with Crippen molar-refractivity contribution in [2.45, 2.75) is 44.9 Å². The Morgan fingerprint density at radius 2 is 1.70 bits per heavy atom. The van der Waals surface area contributed by atoms with Crippen LogP contribution in [0.15, 0.2) is 0 Å². The van der Waals surface area contributed by atoms with Gasteiger partial charge in [0.15, 0.2) is 0 Å². The molecule has 1 aliphatic rings. The van der Waals surface area contributed by atoms with Crippen molar-refractivity contribution in [1.82, 2.24) is 10.2 Å². The number of likely N-dealkylation sites (N-methyl/N-ethyl adjacent to an activating group) is 1. The molecule has 0 aromatic rings. The predicted octanol–water partition coefficient (Wildman–Crippen LogP) is 1.01. The SMILES string of the molecule is CN(C)C(=O)CNC(=O)CC1(CC(=O)O)CCCCC1. The van der Waals surface area contributed by atoms with Crippen LogP contribution in [-0.4, -0.2) is 48.4 Å². The molecule has 1 saturated carbocycles. The minimum atomic E-state index is -0.857. The highest BCUT2D eigenvalue weighted by Crippen LogP contribution is 2.42. The van der Waals surface area contributed by atoms with Gasteiger partial charge in [-0.05, 0) is 18.3 Å². The maximum absolute atomic E-state index is 12.0. The zero-order valence-corrected chi connectivity index (χ0v) is 12.3. The minimum absolute atomic E-state index is 0.0298. The average molecular weight is 284 g/mol. The quantitative estimate of drug-likeness (QED) is 0.762. The molecule has 0 unspecified atom stereocenters. The summed E-state index contributed by atoms with van der Waals surface area (Å²) in [6, 6.07) is 0. The summed E-state index contributed by atoms with van der Waals surface area (Å²) in [6.45, 7) is -0.0328. The summed E-state index contributed by atoms with van der Waals surface area (Å²) < 4.78 is 0. The van der Waals surface area contributed by atoms with Gasteiger partial charge in [-0.2, -0.15) is 0 Å². The van der Waals surface area contributed by atoms with Gasteiger partial charge in [0.1, 0.15) is 0 Å². The monoisotopic (exact) mass is 284 g/mol. The van der Waals surface area contributed by atoms with E-state index in [1.807, 2.05) is 0 Å². The summed E-state index contributed by atoms with van der Waals surface area (Å²) in [5, 5.41) is 11.6. The first-order valence-corrected chi connectivity index (χ1v) is 7.03. The Morgan fingerprint density at radius 1 is 1.10 bits per heavy atom. The molecule has 1 fully saturated rings. The Bertz CT molecular complexity index is 373. The highest BCUT2D eigenvalue weighted by molar-refractivity contribution is 5.85. The molecule has 2 amide bonds. The smallest absolute Gasteiger partial charge is 0.303 e. The van der Waals surface area contributed by atoms with Gasteiger partial charge in [0.25, 0.3) is 0 Å². The summed E-state index contributed by atoms with van der Waals surface area (Å²) >= 11 is 0. The lowest BCUT2D eigenvalue weighted by molar-refractivity contribution is -0.141. The molecular formula is C14H24N2O4. The highest BCUT2D eigenvalue weighted by atomic mass is 16.4. The third-order valence-corrected chi connectivity index (χ3v) is 3.91. The third kappa shape index (κ3) is 5.19. The van der Waals surface area contributed by atoms with Crippen molar-refractivity contribution in [3.8, 4) is 0 Å². The summed E-state index contributed by atoms with van der Waals surface area (Å²) in [7, 11) is 3.25. The molecule has 2 N–H and O–H groups in total. The van der Waals surface area contributed by atoms with Crippen LogP contribution in [0, 0.1) is 5.41 Å². The molecule has 20 heavy (non-hydrogen) atoms. The van der Waals surface area contributed by atoms with Crippen LogP contribution in [0.2, 0.25) is 0 Å². The first-order chi connectivity index (χ1) is 9.34. The van der Waals surface area contributed by atoms with Gasteiger partial charge in [0.2, 0.25) is 11.8 Å². The molecule has 0 spiro atoms. The van der Waals surface area contributed by atoms with E-state index in [4.69, 9.17) is 5.11 Å². The summed E-state index contributed by atoms with van der Waals surface area (Å²) in [5.41, 5.74) is -0.435. The number of carbonyl (C=O) groups is 3. The van der Waals surface area contributed by atoms with Crippen molar-refractivity contribution in [2.24, 2.45) is 5.41 Å². The third-order valence-electron chi connectivity index (χ3n) is 3.91. The predicted molar refractivity (Wildman–Crippen MR) is 74.1 cm³/mol. The molecule has 0 aliphatic heterocycles. The van der Waals surface area contributed by atoms with Crippen molar-refractivity contribution in [3.05, 3.63) is 0 Å². The second-order valence-corrected chi connectivity index (χ2v) is 5.87. The Labute approximate surface area is 119 Å². The van der Waals surface area contributed by atoms with Crippen LogP contribution < -0.4 is 5.32 Å². The van der Waals surface area contributed by atoms with Gasteiger partial charge in [-0.1, -0.05) is 19.3 Å². The molecular weight excluding hydrogens is 260 g/mol. The molecule has 6 heteroatoms. The van der Waals surface area contributed by atoms with Gasteiger partial charge < -0.3 is 15.3 Å². The van der Waals surface area contributed by atoms with E-state index in [1.165, 1.54) is 4.90 Å². The molecule has 0 aromatic carbocycles. The normalized spacial score (nSPS) is 17.3. The number of aliphatic carboxylic acids is 1. The van der Waals surface area contributed by atoms with Crippen LogP contribution in [0.4, 0.5) is 0 Å². The van der Waals surface area contributed by atoms with Crippen molar-refractivity contribution in [1.29, 1.82) is 0 Å². The Morgan fingerprint density at radius 3 is 2.20 bits per heavy atom. The molecule has 0 bridgehead atoms. The topological polar surface area (TPSA) is 86.7 Å². The number of rotatable bonds is 6. The van der Waals surface area contributed by atoms with E-state index in [9.17, 15) is 14.4 Å². The van der Waals surface area contributed by atoms with E-state index < -0.39 is 11.4 Å². The largest absolute Gasteiger partial charge is 0.481 e. The Balaban J connectivity index is 2.54. The van der Waals surface area contributed by atoms with Gasteiger partial charge in [-0.15, -0.1) is 0 Å². The van der Waals surface area contributed by atoms with E-state index in [0.717, 1.165) is 32.1 Å². The lowest BCUT2D eigenvalue weighted by atomic mass is 9.69. The van der Waals surface area contributed by atoms with Crippen LogP contribution in [0.3, 0.4) is 0 Å². The number of amides is 2. The lowest BCUT2D eigenvalue weighted by Gasteiger charge is -2.35. The number of hydrogen-bond donors (Lipinski definition) is 2. The lowest BCUT2D eigenvalue weighted by Crippen LogP contribution is -2.39. The molecule has 0 heterocycles. The molecule has 114 valence electrons. The van der Waals surface area contributed by atoms with E-state index in [-0.39, 0.29) is 31.2 Å². The molecule has 0 radical (unpaired) electrons. The van der Waals surface area contributed by atoms with E-state index >= 15 is 0 Å². The van der Waals surface area contributed by atoms with E-state index in [1.54, 1.807) is 14.1 Å². The number of carbonyl (C=O) groups excluding carboxylic acids is 2. The number of hydrogen-bond acceptors (Lipinski definition) is 3. The fourth-order valence-corrected chi connectivity index (χ4v) is 2.77. The summed E-state index contributed by atoms with van der Waals surface area (Å²) in [5.74, 6) is -1.26. The van der Waals surface area contributed by atoms with Gasteiger partial charge in [0.05, 0.1) is 13.0 Å². The zero-order valence-electron chi connectivity index (χ0n) is 12.3. The summed E-state index contributed by atoms with van der Waals surface area (Å²) in [4.78, 5) is 35.8. The molecule has 6 nitrogen and oxygen atoms in total. The molecule has 0 aromatic heterocycles. The minimum Gasteiger partial charge on any atom is -0.481 e. The fourth-order valence-electron chi connectivity index (χ4n) is 2.77. The number of nitrogens with zero attached hydrogens (tertiary/aromatic N) is 1. The standard InChI is InChI=1S/C14H24N2O4/c1-16(2)12(18)10-15-11(17)8-14(9-13(19)20)6-4-3-5-7-14/h3-10H2,1-2H3,(H,15,17)(H,19,20). The van der Waals surface area contributed by atoms with E-state index in [2.05, 4.69) is 5.32 Å². The van der Waals surface area contributed by atoms with Crippen molar-refractivity contribution in [3.63, 3.8) is 0 Å². The Kier molecular flexibility index (Phi) is 5.98. The molecule has 0 saturated heterocycles. The Hall–Kier alpha value is -1.59. The van der Waals surface area contributed by atoms with Crippen LogP contribution in [0.5, 0.6) is 0 Å². The maximum atomic E-state index is 12.0.